The Morgan fingerprint density at radius 1 is 0.889 bits per heavy atom. The second-order valence-electron chi connectivity index (χ2n) is 12.1. The average Bonchev–Trinajstić information content (AvgIpc) is 3.79. The number of aromatic nitrogens is 6. The average molecular weight is 624 g/mol. The van der Waals surface area contributed by atoms with Crippen LogP contribution in [0.2, 0.25) is 0 Å². The van der Waals surface area contributed by atoms with Crippen LogP contribution in [0.1, 0.15) is 36.8 Å². The molecule has 5 aromatic heterocycles. The highest BCUT2D eigenvalue weighted by Gasteiger charge is 2.17. The maximum absolute atomic E-state index is 14.7. The van der Waals surface area contributed by atoms with Crippen molar-refractivity contribution in [3.63, 3.8) is 0 Å². The largest absolute Gasteiger partial charge is 0.352 e. The molecule has 0 bridgehead atoms. The van der Waals surface area contributed by atoms with Crippen molar-refractivity contribution in [2.24, 2.45) is 5.92 Å². The van der Waals surface area contributed by atoms with Gasteiger partial charge < -0.3 is 10.3 Å². The minimum Gasteiger partial charge on any atom is -0.352 e. The molecule has 7 rings (SSSR count). The van der Waals surface area contributed by atoms with Crippen molar-refractivity contribution < 1.29 is 12.8 Å². The number of rotatable bonds is 10. The SMILES string of the molecule is CS(=O)(=O)CCc1cc(F)cc(-c2cncc3[nH]c(-c4n[nH]c5cnc(-c6cncc(CNCC7CCCC7)c6)cc45)cc23)c1. The second-order valence-corrected chi connectivity index (χ2v) is 14.4. The maximum Gasteiger partial charge on any atom is 0.147 e. The van der Waals surface area contributed by atoms with Gasteiger partial charge in [-0.15, -0.1) is 0 Å². The quantitative estimate of drug-likeness (QED) is 0.165. The number of benzene rings is 1. The smallest absolute Gasteiger partial charge is 0.147 e. The highest BCUT2D eigenvalue weighted by molar-refractivity contribution is 7.90. The minimum atomic E-state index is -3.18. The fourth-order valence-corrected chi connectivity index (χ4v) is 6.91. The van der Waals surface area contributed by atoms with Gasteiger partial charge in [-0.05, 0) is 78.7 Å². The Labute approximate surface area is 260 Å². The van der Waals surface area contributed by atoms with Crippen LogP contribution >= 0.6 is 0 Å². The fraction of sp³-hybridized carbons (Fsp3) is 0.294. The lowest BCUT2D eigenvalue weighted by Crippen LogP contribution is -2.20. The Kier molecular flexibility index (Phi) is 7.88. The maximum atomic E-state index is 14.7. The van der Waals surface area contributed by atoms with Crippen LogP contribution in [0.25, 0.3) is 55.6 Å². The molecular weight excluding hydrogens is 589 g/mol. The third kappa shape index (κ3) is 6.50. The number of nitrogens with one attached hydrogen (secondary N) is 3. The predicted molar refractivity (Wildman–Crippen MR) is 175 cm³/mol. The van der Waals surface area contributed by atoms with E-state index in [0.717, 1.165) is 74.6 Å². The summed E-state index contributed by atoms with van der Waals surface area (Å²) in [6.07, 6.45) is 15.7. The zero-order chi connectivity index (χ0) is 31.0. The molecule has 0 radical (unpaired) electrons. The summed E-state index contributed by atoms with van der Waals surface area (Å²) in [5.74, 6) is 0.303. The molecule has 5 heterocycles. The van der Waals surface area contributed by atoms with Crippen LogP contribution in [-0.2, 0) is 22.8 Å². The molecule has 230 valence electrons. The summed E-state index contributed by atoms with van der Waals surface area (Å²) in [4.78, 5) is 17.0. The van der Waals surface area contributed by atoms with E-state index in [1.165, 1.54) is 44.1 Å². The summed E-state index contributed by atoms with van der Waals surface area (Å²) < 4.78 is 38.1. The summed E-state index contributed by atoms with van der Waals surface area (Å²) in [7, 11) is -3.18. The zero-order valence-corrected chi connectivity index (χ0v) is 25.8. The molecule has 1 saturated carbocycles. The summed E-state index contributed by atoms with van der Waals surface area (Å²) in [5.41, 5.74) is 7.92. The van der Waals surface area contributed by atoms with E-state index < -0.39 is 15.7 Å². The zero-order valence-electron chi connectivity index (χ0n) is 25.0. The van der Waals surface area contributed by atoms with Crippen molar-refractivity contribution in [1.29, 1.82) is 0 Å². The van der Waals surface area contributed by atoms with Gasteiger partial charge in [-0.3, -0.25) is 20.1 Å². The van der Waals surface area contributed by atoms with Crippen LogP contribution in [0.5, 0.6) is 0 Å². The number of nitrogens with zero attached hydrogens (tertiary/aromatic N) is 4. The molecule has 45 heavy (non-hydrogen) atoms. The third-order valence-corrected chi connectivity index (χ3v) is 9.55. The van der Waals surface area contributed by atoms with Gasteiger partial charge in [0.25, 0.3) is 0 Å². The van der Waals surface area contributed by atoms with Crippen LogP contribution in [0.4, 0.5) is 4.39 Å². The molecule has 0 saturated heterocycles. The Morgan fingerprint density at radius 2 is 1.71 bits per heavy atom. The molecule has 0 spiro atoms. The number of fused-ring (bicyclic) bond motifs is 2. The van der Waals surface area contributed by atoms with E-state index in [9.17, 15) is 12.8 Å². The molecule has 0 unspecified atom stereocenters. The number of aromatic amines is 2. The normalized spacial score (nSPS) is 14.2. The second kappa shape index (κ2) is 12.1. The lowest BCUT2D eigenvalue weighted by molar-refractivity contribution is 0.489. The summed E-state index contributed by atoms with van der Waals surface area (Å²) >= 11 is 0. The number of H-pyrrole nitrogens is 2. The first-order chi connectivity index (χ1) is 21.8. The topological polar surface area (TPSA) is 129 Å². The van der Waals surface area contributed by atoms with Crippen molar-refractivity contribution in [3.05, 3.63) is 84.3 Å². The molecule has 1 aromatic carbocycles. The molecule has 1 fully saturated rings. The Bertz CT molecular complexity index is 2120. The minimum absolute atomic E-state index is 0.0482. The van der Waals surface area contributed by atoms with Gasteiger partial charge in [0.05, 0.1) is 40.6 Å². The van der Waals surface area contributed by atoms with E-state index in [-0.39, 0.29) is 12.2 Å². The number of halogens is 1. The lowest BCUT2D eigenvalue weighted by atomic mass is 10.0. The molecule has 0 atom stereocenters. The van der Waals surface area contributed by atoms with Crippen molar-refractivity contribution >= 4 is 31.6 Å². The number of aryl methyl sites for hydroxylation is 1. The van der Waals surface area contributed by atoms with Crippen molar-refractivity contribution in [1.82, 2.24) is 35.5 Å². The van der Waals surface area contributed by atoms with Gasteiger partial charge in [-0.2, -0.15) is 5.10 Å². The molecule has 11 heteroatoms. The van der Waals surface area contributed by atoms with E-state index in [0.29, 0.717) is 11.1 Å². The Morgan fingerprint density at radius 3 is 2.56 bits per heavy atom. The number of hydrogen-bond donors (Lipinski definition) is 3. The van der Waals surface area contributed by atoms with Crippen LogP contribution in [-0.4, -0.2) is 57.1 Å². The van der Waals surface area contributed by atoms with Gasteiger partial charge in [-0.25, -0.2) is 12.8 Å². The first-order valence-corrected chi connectivity index (χ1v) is 17.3. The molecule has 0 amide bonds. The first-order valence-electron chi connectivity index (χ1n) is 15.2. The number of sulfone groups is 1. The summed E-state index contributed by atoms with van der Waals surface area (Å²) in [5, 5.41) is 13.1. The van der Waals surface area contributed by atoms with Crippen LogP contribution in [0.15, 0.2) is 67.4 Å². The lowest BCUT2D eigenvalue weighted by Gasteiger charge is -2.11. The Balaban J connectivity index is 1.19. The number of hydrogen-bond acceptors (Lipinski definition) is 7. The van der Waals surface area contributed by atoms with Crippen molar-refractivity contribution in [3.8, 4) is 33.8 Å². The molecule has 0 aliphatic heterocycles. The fourth-order valence-electron chi connectivity index (χ4n) is 6.30. The van der Waals surface area contributed by atoms with Gasteiger partial charge in [0.1, 0.15) is 21.3 Å². The van der Waals surface area contributed by atoms with Crippen LogP contribution in [0.3, 0.4) is 0 Å². The van der Waals surface area contributed by atoms with E-state index >= 15 is 0 Å². The molecule has 3 N–H and O–H groups in total. The van der Waals surface area contributed by atoms with Crippen LogP contribution in [0, 0.1) is 11.7 Å². The van der Waals surface area contributed by atoms with Crippen molar-refractivity contribution in [2.75, 3.05) is 18.6 Å². The monoisotopic (exact) mass is 623 g/mol. The molecular formula is C34H34FN7O2S. The van der Waals surface area contributed by atoms with Crippen molar-refractivity contribution in [2.45, 2.75) is 38.6 Å². The van der Waals surface area contributed by atoms with E-state index in [2.05, 4.69) is 41.5 Å². The molecule has 6 aromatic rings. The summed E-state index contributed by atoms with van der Waals surface area (Å²) in [6.45, 7) is 1.81. The predicted octanol–water partition coefficient (Wildman–Crippen LogP) is 6.24. The van der Waals surface area contributed by atoms with Gasteiger partial charge in [-0.1, -0.05) is 18.9 Å². The first kappa shape index (κ1) is 29.2. The molecule has 1 aliphatic carbocycles. The highest BCUT2D eigenvalue weighted by atomic mass is 32.2. The van der Waals surface area contributed by atoms with E-state index in [1.807, 2.05) is 30.6 Å². The van der Waals surface area contributed by atoms with Gasteiger partial charge in [0.2, 0.25) is 0 Å². The Hall–Kier alpha value is -4.48. The molecule has 9 nitrogen and oxygen atoms in total. The van der Waals surface area contributed by atoms with E-state index in [1.54, 1.807) is 18.6 Å². The van der Waals surface area contributed by atoms with Crippen LogP contribution < -0.4 is 5.32 Å². The standard InChI is InChI=1S/C34H34FN7O2S/c1-45(43,44)7-6-22-8-24(11-26(35)10-22)29-18-38-19-32-27(29)12-31(40-32)34-28-13-30(39-20-33(28)41-42-34)25-9-23(16-37-17-25)15-36-14-21-4-2-3-5-21/h8-13,16-21,36,40H,2-7,14-15H2,1H3,(H,41,42). The third-order valence-electron chi connectivity index (χ3n) is 8.61. The van der Waals surface area contributed by atoms with E-state index in [4.69, 9.17) is 0 Å². The van der Waals surface area contributed by atoms with Gasteiger partial charge in [0.15, 0.2) is 0 Å². The molecule has 1 aliphatic rings. The highest BCUT2D eigenvalue weighted by Crippen LogP contribution is 2.35. The van der Waals surface area contributed by atoms with Gasteiger partial charge >= 0.3 is 0 Å². The number of pyridine rings is 3. The van der Waals surface area contributed by atoms with Gasteiger partial charge in [0, 0.05) is 53.3 Å². The summed E-state index contributed by atoms with van der Waals surface area (Å²) in [6, 6.07) is 10.8.